The number of ketones is 1. The van der Waals surface area contributed by atoms with Crippen LogP contribution in [-0.4, -0.2) is 26.8 Å². The fourth-order valence-corrected chi connectivity index (χ4v) is 3.99. The molecule has 3 heterocycles. The van der Waals surface area contributed by atoms with Gasteiger partial charge in [0.15, 0.2) is 11.5 Å². The van der Waals surface area contributed by atoms with E-state index in [0.29, 0.717) is 41.4 Å². The molecule has 4 rings (SSSR count). The van der Waals surface area contributed by atoms with Crippen LogP contribution in [0.15, 0.2) is 33.5 Å². The van der Waals surface area contributed by atoms with Gasteiger partial charge < -0.3 is 14.3 Å². The van der Waals surface area contributed by atoms with Crippen molar-refractivity contribution in [2.24, 2.45) is 11.3 Å². The van der Waals surface area contributed by atoms with E-state index in [1.165, 1.54) is 0 Å². The Morgan fingerprint density at radius 1 is 1.26 bits per heavy atom. The number of nitrogens with one attached hydrogen (secondary N) is 1. The Morgan fingerprint density at radius 2 is 2.03 bits per heavy atom. The van der Waals surface area contributed by atoms with Crippen LogP contribution in [0.5, 0.6) is 0 Å². The van der Waals surface area contributed by atoms with Crippen LogP contribution in [0.2, 0.25) is 0 Å². The molecule has 31 heavy (non-hydrogen) atoms. The summed E-state index contributed by atoms with van der Waals surface area (Å²) in [4.78, 5) is 34.2. The van der Waals surface area contributed by atoms with Gasteiger partial charge in [0, 0.05) is 36.4 Å². The van der Waals surface area contributed by atoms with Crippen molar-refractivity contribution in [1.82, 2.24) is 20.4 Å². The molecule has 0 fully saturated rings. The van der Waals surface area contributed by atoms with Crippen molar-refractivity contribution in [3.05, 3.63) is 53.1 Å². The van der Waals surface area contributed by atoms with Crippen molar-refractivity contribution in [1.29, 1.82) is 0 Å². The smallest absolute Gasteiger partial charge is 0.287 e. The van der Waals surface area contributed by atoms with Gasteiger partial charge in [-0.15, -0.1) is 0 Å². The largest absolute Gasteiger partial charge is 0.455 e. The van der Waals surface area contributed by atoms with Crippen LogP contribution >= 0.6 is 0 Å². The summed E-state index contributed by atoms with van der Waals surface area (Å²) in [7, 11) is 0. The highest BCUT2D eigenvalue weighted by molar-refractivity contribution is 6.03. The van der Waals surface area contributed by atoms with Crippen LogP contribution in [-0.2, 0) is 6.42 Å². The van der Waals surface area contributed by atoms with Crippen LogP contribution in [0, 0.1) is 18.3 Å². The first kappa shape index (κ1) is 21.0. The first-order valence-electron chi connectivity index (χ1n) is 10.4. The van der Waals surface area contributed by atoms with Gasteiger partial charge in [0.1, 0.15) is 11.8 Å². The lowest BCUT2D eigenvalue weighted by Crippen LogP contribution is -2.32. The van der Waals surface area contributed by atoms with E-state index in [1.54, 1.807) is 25.4 Å². The summed E-state index contributed by atoms with van der Waals surface area (Å²) in [5.41, 5.74) is 1.66. The zero-order valence-electron chi connectivity index (χ0n) is 18.4. The third-order valence-electron chi connectivity index (χ3n) is 5.56. The van der Waals surface area contributed by atoms with E-state index in [4.69, 9.17) is 8.94 Å². The number of carbonyl (C=O) groups excluding carboxylic acids is 2. The molecule has 0 spiro atoms. The van der Waals surface area contributed by atoms with Gasteiger partial charge in [0.2, 0.25) is 11.7 Å². The summed E-state index contributed by atoms with van der Waals surface area (Å²) in [6.45, 7) is 9.70. The van der Waals surface area contributed by atoms with Gasteiger partial charge in [0.25, 0.3) is 5.91 Å². The minimum Gasteiger partial charge on any atom is -0.455 e. The molecule has 0 saturated heterocycles. The monoisotopic (exact) mass is 422 g/mol. The molecule has 1 N–H and O–H groups in total. The molecular formula is C23H26N4O4. The molecule has 3 aromatic rings. The van der Waals surface area contributed by atoms with E-state index in [9.17, 15) is 9.59 Å². The molecule has 1 aliphatic rings. The molecule has 1 unspecified atom stereocenters. The first-order valence-corrected chi connectivity index (χ1v) is 10.4. The highest BCUT2D eigenvalue weighted by Crippen LogP contribution is 2.38. The Labute approximate surface area is 180 Å². The van der Waals surface area contributed by atoms with Gasteiger partial charge in [-0.1, -0.05) is 32.9 Å². The average Bonchev–Trinajstić information content (AvgIpc) is 3.30. The fourth-order valence-electron chi connectivity index (χ4n) is 3.99. The third kappa shape index (κ3) is 4.02. The normalized spacial score (nSPS) is 16.3. The van der Waals surface area contributed by atoms with Gasteiger partial charge in [-0.25, -0.2) is 0 Å². The molecule has 1 amide bonds. The molecule has 0 bridgehead atoms. The lowest BCUT2D eigenvalue weighted by molar-refractivity contribution is 0.0868. The zero-order valence-corrected chi connectivity index (χ0v) is 18.4. The van der Waals surface area contributed by atoms with Gasteiger partial charge in [-0.3, -0.25) is 14.6 Å². The summed E-state index contributed by atoms with van der Waals surface area (Å²) in [6.07, 6.45) is 4.37. The van der Waals surface area contributed by atoms with E-state index >= 15 is 0 Å². The Hall–Kier alpha value is -3.29. The number of hydrogen-bond acceptors (Lipinski definition) is 7. The number of rotatable bonds is 5. The molecule has 1 aliphatic carbocycles. The molecule has 162 valence electrons. The number of furan rings is 1. The van der Waals surface area contributed by atoms with Crippen LogP contribution < -0.4 is 5.32 Å². The molecule has 1 atom stereocenters. The maximum absolute atomic E-state index is 13.1. The zero-order chi connectivity index (χ0) is 22.3. The molecule has 3 aromatic heterocycles. The predicted octanol–water partition coefficient (Wildman–Crippen LogP) is 4.32. The minimum absolute atomic E-state index is 0.0170. The lowest BCUT2D eigenvalue weighted by atomic mass is 9.76. The van der Waals surface area contributed by atoms with Crippen molar-refractivity contribution in [3.63, 3.8) is 0 Å². The predicted molar refractivity (Wildman–Crippen MR) is 112 cm³/mol. The lowest BCUT2D eigenvalue weighted by Gasteiger charge is -2.27. The maximum atomic E-state index is 13.1. The van der Waals surface area contributed by atoms with Crippen molar-refractivity contribution in [2.45, 2.75) is 53.5 Å². The van der Waals surface area contributed by atoms with E-state index in [0.717, 1.165) is 5.56 Å². The summed E-state index contributed by atoms with van der Waals surface area (Å²) in [5.74, 6) is 1.04. The minimum atomic E-state index is -0.515. The number of hydrogen-bond donors (Lipinski definition) is 1. The van der Waals surface area contributed by atoms with Crippen LogP contribution in [0.4, 0.5) is 0 Å². The Kier molecular flexibility index (Phi) is 5.24. The van der Waals surface area contributed by atoms with Crippen molar-refractivity contribution in [3.8, 4) is 11.4 Å². The molecule has 0 radical (unpaired) electrons. The second kappa shape index (κ2) is 7.76. The maximum Gasteiger partial charge on any atom is 0.287 e. The number of amides is 1. The van der Waals surface area contributed by atoms with Gasteiger partial charge in [-0.05, 0) is 30.4 Å². The first-order chi connectivity index (χ1) is 14.7. The number of carbonyl (C=O) groups is 2. The summed E-state index contributed by atoms with van der Waals surface area (Å²) >= 11 is 0. The number of Topliss-reactive ketones (excluding diaryl/α,β-unsaturated/α-hetero) is 1. The van der Waals surface area contributed by atoms with Gasteiger partial charge in [0.05, 0.1) is 5.56 Å². The summed E-state index contributed by atoms with van der Waals surface area (Å²) < 4.78 is 11.3. The molecule has 0 aliphatic heterocycles. The Morgan fingerprint density at radius 3 is 2.71 bits per heavy atom. The molecule has 8 heteroatoms. The second-order valence-electron chi connectivity index (χ2n) is 9.19. The van der Waals surface area contributed by atoms with Crippen LogP contribution in [0.3, 0.4) is 0 Å². The van der Waals surface area contributed by atoms with Gasteiger partial charge >= 0.3 is 0 Å². The Balaban J connectivity index is 1.60. The second-order valence-corrected chi connectivity index (χ2v) is 9.19. The number of nitrogens with zero attached hydrogens (tertiary/aromatic N) is 3. The van der Waals surface area contributed by atoms with E-state index in [2.05, 4.69) is 20.4 Å². The SMILES string of the molecule is Cc1c(C(=O)NC(c2nc(-c3cccnc3)no2)C(C)C)oc2c1C(=O)CC(C)(C)C2. The average molecular weight is 422 g/mol. The Bertz CT molecular complexity index is 1130. The molecular weight excluding hydrogens is 396 g/mol. The van der Waals surface area contributed by atoms with Crippen molar-refractivity contribution >= 4 is 11.7 Å². The van der Waals surface area contributed by atoms with E-state index < -0.39 is 11.9 Å². The third-order valence-corrected chi connectivity index (χ3v) is 5.56. The molecule has 8 nitrogen and oxygen atoms in total. The fraction of sp³-hybridized carbons (Fsp3) is 0.435. The van der Waals surface area contributed by atoms with E-state index in [1.807, 2.05) is 33.8 Å². The topological polar surface area (TPSA) is 111 Å². The van der Waals surface area contributed by atoms with Crippen LogP contribution in [0.1, 0.15) is 78.3 Å². The number of fused-ring (bicyclic) bond motifs is 1. The van der Waals surface area contributed by atoms with Crippen molar-refractivity contribution < 1.29 is 18.5 Å². The number of aromatic nitrogens is 3. The molecule has 0 saturated carbocycles. The number of pyridine rings is 1. The van der Waals surface area contributed by atoms with Gasteiger partial charge in [-0.2, -0.15) is 4.98 Å². The van der Waals surface area contributed by atoms with E-state index in [-0.39, 0.29) is 22.9 Å². The van der Waals surface area contributed by atoms with Crippen LogP contribution in [0.25, 0.3) is 11.4 Å². The highest BCUT2D eigenvalue weighted by Gasteiger charge is 2.37. The summed E-state index contributed by atoms with van der Waals surface area (Å²) in [5, 5.41) is 6.96. The standard InChI is InChI=1S/C23H26N4O4/c1-12(2)18(22-26-20(27-31-22)14-7-6-8-24-11-14)25-21(29)19-13(3)17-15(28)9-23(4,5)10-16(17)30-19/h6-8,11-12,18H,9-10H2,1-5H3,(H,25,29). The quantitative estimate of drug-likeness (QED) is 0.652. The van der Waals surface area contributed by atoms with Crippen molar-refractivity contribution in [2.75, 3.05) is 0 Å². The molecule has 0 aromatic carbocycles. The highest BCUT2D eigenvalue weighted by atomic mass is 16.5. The summed E-state index contributed by atoms with van der Waals surface area (Å²) in [6, 6.07) is 3.11.